The predicted molar refractivity (Wildman–Crippen MR) is 68.2 cm³/mol. The number of aliphatic hydroxyl groups excluding tert-OH is 1. The Bertz CT molecular complexity index is 426. The second-order valence-corrected chi connectivity index (χ2v) is 5.63. The van der Waals surface area contributed by atoms with E-state index in [1.54, 1.807) is 0 Å². The van der Waals surface area contributed by atoms with Crippen LogP contribution in [0, 0.1) is 0 Å². The molecule has 0 aromatic heterocycles. The molecule has 1 heterocycles. The van der Waals surface area contributed by atoms with Crippen molar-refractivity contribution in [2.24, 2.45) is 5.73 Å². The molecule has 0 spiro atoms. The molecule has 1 aliphatic rings. The third-order valence-electron chi connectivity index (χ3n) is 3.49. The number of fused-ring (bicyclic) bond motifs is 1. The summed E-state index contributed by atoms with van der Waals surface area (Å²) in [6, 6.07) is 5.68. The summed E-state index contributed by atoms with van der Waals surface area (Å²) in [5, 5.41) is 10.1. The molecule has 0 amide bonds. The Kier molecular flexibility index (Phi) is 2.92. The Morgan fingerprint density at radius 1 is 1.35 bits per heavy atom. The fourth-order valence-corrected chi connectivity index (χ4v) is 2.23. The van der Waals surface area contributed by atoms with Gasteiger partial charge >= 0.3 is 0 Å². The van der Waals surface area contributed by atoms with Gasteiger partial charge in [-0.25, -0.2) is 0 Å². The van der Waals surface area contributed by atoms with E-state index in [2.05, 4.69) is 19.9 Å². The van der Waals surface area contributed by atoms with E-state index in [-0.39, 0.29) is 6.04 Å². The van der Waals surface area contributed by atoms with Gasteiger partial charge in [0.2, 0.25) is 0 Å². The first-order valence-electron chi connectivity index (χ1n) is 6.09. The largest absolute Gasteiger partial charge is 0.485 e. The van der Waals surface area contributed by atoms with Crippen molar-refractivity contribution in [1.82, 2.24) is 0 Å². The number of hydrogen-bond donors (Lipinski definition) is 2. The molecule has 0 saturated heterocycles. The molecule has 0 aliphatic carbocycles. The summed E-state index contributed by atoms with van der Waals surface area (Å²) in [6.07, 6.45) is -0.683. The van der Waals surface area contributed by atoms with Crippen molar-refractivity contribution in [1.29, 1.82) is 0 Å². The van der Waals surface area contributed by atoms with Crippen LogP contribution in [0.3, 0.4) is 0 Å². The molecular weight excluding hydrogens is 214 g/mol. The van der Waals surface area contributed by atoms with Crippen LogP contribution < -0.4 is 10.5 Å². The van der Waals surface area contributed by atoms with Crippen molar-refractivity contribution < 1.29 is 9.84 Å². The van der Waals surface area contributed by atoms with Crippen LogP contribution in [-0.2, 0) is 0 Å². The van der Waals surface area contributed by atoms with Crippen molar-refractivity contribution in [3.05, 3.63) is 29.3 Å². The zero-order chi connectivity index (χ0) is 12.8. The molecule has 2 unspecified atom stereocenters. The minimum atomic E-state index is -0.683. The van der Waals surface area contributed by atoms with Gasteiger partial charge in [0.25, 0.3) is 0 Å². The summed E-state index contributed by atoms with van der Waals surface area (Å²) in [4.78, 5) is 0. The van der Waals surface area contributed by atoms with Gasteiger partial charge in [-0.3, -0.25) is 0 Å². The van der Waals surface area contributed by atoms with Gasteiger partial charge in [-0.2, -0.15) is 0 Å². The van der Waals surface area contributed by atoms with Gasteiger partial charge in [-0.1, -0.05) is 26.0 Å². The molecule has 2 atom stereocenters. The lowest BCUT2D eigenvalue weighted by Crippen LogP contribution is -2.51. The molecule has 1 aromatic rings. The second kappa shape index (κ2) is 4.00. The Balaban J connectivity index is 2.47. The first-order valence-corrected chi connectivity index (χ1v) is 6.09. The minimum absolute atomic E-state index is 0.382. The Morgan fingerprint density at radius 2 is 2.00 bits per heavy atom. The summed E-state index contributed by atoms with van der Waals surface area (Å²) in [6.45, 7) is 7.99. The van der Waals surface area contributed by atoms with Crippen molar-refractivity contribution >= 4 is 0 Å². The van der Waals surface area contributed by atoms with Gasteiger partial charge in [0, 0.05) is 5.56 Å². The number of hydrogen-bond acceptors (Lipinski definition) is 3. The molecule has 0 radical (unpaired) electrons. The molecule has 1 aromatic carbocycles. The summed E-state index contributed by atoms with van der Waals surface area (Å²) in [5.74, 6) is 1.23. The van der Waals surface area contributed by atoms with Gasteiger partial charge in [0.15, 0.2) is 0 Å². The fraction of sp³-hybridized carbons (Fsp3) is 0.571. The number of aliphatic hydroxyl groups is 1. The lowest BCUT2D eigenvalue weighted by atomic mass is 9.85. The van der Waals surface area contributed by atoms with E-state index < -0.39 is 11.7 Å². The van der Waals surface area contributed by atoms with Crippen LogP contribution in [0.1, 0.15) is 50.8 Å². The normalized spacial score (nSPS) is 26.5. The molecule has 3 N–H and O–H groups in total. The third kappa shape index (κ3) is 2.05. The summed E-state index contributed by atoms with van der Waals surface area (Å²) < 4.78 is 5.81. The maximum atomic E-state index is 10.1. The van der Waals surface area contributed by atoms with Gasteiger partial charge in [0.1, 0.15) is 17.5 Å². The number of ether oxygens (including phenoxy) is 1. The number of rotatable bonds is 1. The highest BCUT2D eigenvalue weighted by Crippen LogP contribution is 2.39. The standard InChI is InChI=1S/C14H21NO2/c1-8(2)9-5-6-11-10(7-9)12(15)13(16)14(3,4)17-11/h5-8,12-13,16H,15H2,1-4H3. The average molecular weight is 235 g/mol. The average Bonchev–Trinajstić information content (AvgIpc) is 2.25. The van der Waals surface area contributed by atoms with Crippen molar-refractivity contribution in [2.75, 3.05) is 0 Å². The van der Waals surface area contributed by atoms with E-state index in [1.165, 1.54) is 5.56 Å². The number of benzene rings is 1. The van der Waals surface area contributed by atoms with Crippen LogP contribution in [0.4, 0.5) is 0 Å². The first kappa shape index (κ1) is 12.4. The molecule has 2 rings (SSSR count). The van der Waals surface area contributed by atoms with Crippen LogP contribution in [0.2, 0.25) is 0 Å². The maximum absolute atomic E-state index is 10.1. The molecule has 3 heteroatoms. The third-order valence-corrected chi connectivity index (χ3v) is 3.49. The lowest BCUT2D eigenvalue weighted by molar-refractivity contribution is -0.0572. The van der Waals surface area contributed by atoms with Gasteiger partial charge in [-0.15, -0.1) is 0 Å². The van der Waals surface area contributed by atoms with E-state index in [1.807, 2.05) is 26.0 Å². The van der Waals surface area contributed by atoms with Crippen LogP contribution in [-0.4, -0.2) is 16.8 Å². The summed E-state index contributed by atoms with van der Waals surface area (Å²) in [7, 11) is 0. The molecular formula is C14H21NO2. The Labute approximate surface area is 103 Å². The Hall–Kier alpha value is -1.06. The van der Waals surface area contributed by atoms with Crippen LogP contribution in [0.5, 0.6) is 5.75 Å². The molecule has 1 aliphatic heterocycles. The second-order valence-electron chi connectivity index (χ2n) is 5.63. The van der Waals surface area contributed by atoms with E-state index in [9.17, 15) is 5.11 Å². The van der Waals surface area contributed by atoms with Gasteiger partial charge < -0.3 is 15.6 Å². The molecule has 3 nitrogen and oxygen atoms in total. The van der Waals surface area contributed by atoms with Gasteiger partial charge in [0.05, 0.1) is 6.04 Å². The summed E-state index contributed by atoms with van der Waals surface area (Å²) >= 11 is 0. The Morgan fingerprint density at radius 3 is 2.59 bits per heavy atom. The highest BCUT2D eigenvalue weighted by atomic mass is 16.5. The van der Waals surface area contributed by atoms with Crippen LogP contribution in [0.15, 0.2) is 18.2 Å². The highest BCUT2D eigenvalue weighted by Gasteiger charge is 2.41. The fourth-order valence-electron chi connectivity index (χ4n) is 2.23. The molecule has 0 saturated carbocycles. The quantitative estimate of drug-likeness (QED) is 0.785. The minimum Gasteiger partial charge on any atom is -0.485 e. The zero-order valence-corrected chi connectivity index (χ0v) is 10.9. The molecule has 0 bridgehead atoms. The van der Waals surface area contributed by atoms with E-state index in [0.29, 0.717) is 5.92 Å². The first-order chi connectivity index (χ1) is 7.83. The van der Waals surface area contributed by atoms with Crippen molar-refractivity contribution in [2.45, 2.75) is 51.4 Å². The smallest absolute Gasteiger partial charge is 0.131 e. The van der Waals surface area contributed by atoms with E-state index in [0.717, 1.165) is 11.3 Å². The molecule has 0 fully saturated rings. The monoisotopic (exact) mass is 235 g/mol. The maximum Gasteiger partial charge on any atom is 0.131 e. The van der Waals surface area contributed by atoms with Crippen molar-refractivity contribution in [3.63, 3.8) is 0 Å². The lowest BCUT2D eigenvalue weighted by Gasteiger charge is -2.40. The highest BCUT2D eigenvalue weighted by molar-refractivity contribution is 5.43. The SMILES string of the molecule is CC(C)c1ccc2c(c1)C(N)C(O)C(C)(C)O2. The van der Waals surface area contributed by atoms with Crippen LogP contribution in [0.25, 0.3) is 0 Å². The topological polar surface area (TPSA) is 55.5 Å². The van der Waals surface area contributed by atoms with E-state index >= 15 is 0 Å². The van der Waals surface area contributed by atoms with Gasteiger partial charge in [-0.05, 0) is 31.4 Å². The zero-order valence-electron chi connectivity index (χ0n) is 10.9. The van der Waals surface area contributed by atoms with E-state index in [4.69, 9.17) is 10.5 Å². The van der Waals surface area contributed by atoms with Crippen molar-refractivity contribution in [3.8, 4) is 5.75 Å². The van der Waals surface area contributed by atoms with Crippen LogP contribution >= 0.6 is 0 Å². The molecule has 17 heavy (non-hydrogen) atoms. The summed E-state index contributed by atoms with van der Waals surface area (Å²) in [5.41, 5.74) is 7.59. The molecule has 94 valence electrons. The predicted octanol–water partition coefficient (Wildman–Crippen LogP) is 2.34. The number of nitrogens with two attached hydrogens (primary N) is 1.